The summed E-state index contributed by atoms with van der Waals surface area (Å²) in [4.78, 5) is 31.9. The molecule has 1 spiro atoms. The van der Waals surface area contributed by atoms with Crippen LogP contribution in [-0.4, -0.2) is 38.9 Å². The minimum absolute atomic E-state index is 0.107. The number of pyridine rings is 1. The third-order valence-electron chi connectivity index (χ3n) is 5.76. The molecule has 2 aliphatic heterocycles. The number of likely N-dealkylation sites (tertiary alicyclic amines) is 1. The maximum absolute atomic E-state index is 13.1. The van der Waals surface area contributed by atoms with E-state index in [4.69, 9.17) is 4.74 Å². The van der Waals surface area contributed by atoms with Crippen LogP contribution in [0.4, 0.5) is 0 Å². The normalized spacial score (nSPS) is 20.9. The first-order valence-corrected chi connectivity index (χ1v) is 9.88. The predicted octanol–water partition coefficient (Wildman–Crippen LogP) is 3.17. The third-order valence-corrected chi connectivity index (χ3v) is 5.76. The summed E-state index contributed by atoms with van der Waals surface area (Å²) in [5.74, 6) is 0.616. The van der Waals surface area contributed by atoms with Gasteiger partial charge in [-0.1, -0.05) is 30.3 Å². The first-order valence-electron chi connectivity index (χ1n) is 9.88. The van der Waals surface area contributed by atoms with E-state index in [0.29, 0.717) is 25.2 Å². The molecule has 29 heavy (non-hydrogen) atoms. The van der Waals surface area contributed by atoms with Gasteiger partial charge < -0.3 is 9.64 Å². The molecule has 3 aromatic rings. The first kappa shape index (κ1) is 17.7. The highest BCUT2D eigenvalue weighted by Gasteiger charge is 2.36. The molecule has 1 saturated heterocycles. The Kier molecular flexibility index (Phi) is 4.19. The van der Waals surface area contributed by atoms with Gasteiger partial charge in [0.2, 0.25) is 0 Å². The maximum atomic E-state index is 13.1. The Labute approximate surface area is 168 Å². The van der Waals surface area contributed by atoms with Crippen molar-refractivity contribution in [3.05, 3.63) is 82.4 Å². The van der Waals surface area contributed by atoms with Gasteiger partial charge in [-0.05, 0) is 37.1 Å². The van der Waals surface area contributed by atoms with Crippen LogP contribution in [0.25, 0.3) is 11.7 Å². The number of fused-ring (bicyclic) bond motifs is 2. The van der Waals surface area contributed by atoms with Crippen LogP contribution < -0.4 is 10.3 Å². The van der Waals surface area contributed by atoms with Gasteiger partial charge in [-0.3, -0.25) is 14.0 Å². The van der Waals surface area contributed by atoms with Crippen molar-refractivity contribution >= 4 is 17.6 Å². The fourth-order valence-electron chi connectivity index (χ4n) is 4.15. The van der Waals surface area contributed by atoms with Gasteiger partial charge in [-0.2, -0.15) is 0 Å². The van der Waals surface area contributed by atoms with Crippen molar-refractivity contribution in [1.29, 1.82) is 0 Å². The van der Waals surface area contributed by atoms with Crippen molar-refractivity contribution in [3.63, 3.8) is 0 Å². The summed E-state index contributed by atoms with van der Waals surface area (Å²) in [5, 5.41) is 0. The number of amides is 1. The highest BCUT2D eigenvalue weighted by Crippen LogP contribution is 2.37. The Bertz CT molecular complexity index is 1180. The van der Waals surface area contributed by atoms with Gasteiger partial charge >= 0.3 is 0 Å². The molecule has 0 N–H and O–H groups in total. The van der Waals surface area contributed by atoms with Crippen molar-refractivity contribution in [2.24, 2.45) is 0 Å². The van der Waals surface area contributed by atoms with E-state index < -0.39 is 5.60 Å². The molecule has 0 radical (unpaired) electrons. The second kappa shape index (κ2) is 6.88. The Hall–Kier alpha value is -3.41. The van der Waals surface area contributed by atoms with Gasteiger partial charge in [0.15, 0.2) is 0 Å². The van der Waals surface area contributed by atoms with Gasteiger partial charge in [0, 0.05) is 37.5 Å². The number of hydrogen-bond acceptors (Lipinski definition) is 4. The van der Waals surface area contributed by atoms with Crippen molar-refractivity contribution in [2.75, 3.05) is 13.1 Å². The van der Waals surface area contributed by atoms with Gasteiger partial charge in [0.05, 0.1) is 0 Å². The average Bonchev–Trinajstić information content (AvgIpc) is 2.96. The number of benzene rings is 1. The summed E-state index contributed by atoms with van der Waals surface area (Å²) in [7, 11) is 0. The zero-order valence-electron chi connectivity index (χ0n) is 16.0. The number of rotatable bonds is 1. The first-order chi connectivity index (χ1) is 14.2. The molecule has 146 valence electrons. The lowest BCUT2D eigenvalue weighted by Crippen LogP contribution is -2.39. The SMILES string of the molecule is O=C(c1cnc2ccccn2c1=O)N1CCC[C@@]2(C=Cc3ccccc3O2)CC1. The molecular weight excluding hydrogens is 366 g/mol. The summed E-state index contributed by atoms with van der Waals surface area (Å²) >= 11 is 0. The van der Waals surface area contributed by atoms with Crippen molar-refractivity contribution < 1.29 is 9.53 Å². The highest BCUT2D eigenvalue weighted by atomic mass is 16.5. The molecule has 0 aliphatic carbocycles. The Balaban J connectivity index is 1.39. The van der Waals surface area contributed by atoms with Crippen LogP contribution in [0.5, 0.6) is 5.75 Å². The minimum atomic E-state index is -0.403. The summed E-state index contributed by atoms with van der Waals surface area (Å²) < 4.78 is 7.77. The monoisotopic (exact) mass is 387 g/mol. The lowest BCUT2D eigenvalue weighted by atomic mass is 9.91. The van der Waals surface area contributed by atoms with Crippen LogP contribution >= 0.6 is 0 Å². The topological polar surface area (TPSA) is 63.9 Å². The van der Waals surface area contributed by atoms with Gasteiger partial charge in [0.1, 0.15) is 22.6 Å². The molecule has 6 heteroatoms. The van der Waals surface area contributed by atoms with Gasteiger partial charge in [0.25, 0.3) is 11.5 Å². The second-order valence-corrected chi connectivity index (χ2v) is 7.59. The largest absolute Gasteiger partial charge is 0.483 e. The Morgan fingerprint density at radius 2 is 1.93 bits per heavy atom. The fraction of sp³-hybridized carbons (Fsp3) is 0.261. The van der Waals surface area contributed by atoms with E-state index in [1.54, 1.807) is 23.2 Å². The van der Waals surface area contributed by atoms with E-state index in [1.807, 2.05) is 30.3 Å². The fourth-order valence-corrected chi connectivity index (χ4v) is 4.15. The van der Waals surface area contributed by atoms with E-state index in [9.17, 15) is 9.59 Å². The predicted molar refractivity (Wildman–Crippen MR) is 110 cm³/mol. The summed E-state index contributed by atoms with van der Waals surface area (Å²) in [6.07, 6.45) is 9.58. The smallest absolute Gasteiger partial charge is 0.270 e. The molecule has 1 atom stereocenters. The molecular formula is C23H21N3O3. The van der Waals surface area contributed by atoms with Crippen LogP contribution in [0.1, 0.15) is 35.2 Å². The molecule has 0 bridgehead atoms. The Morgan fingerprint density at radius 3 is 2.86 bits per heavy atom. The average molecular weight is 387 g/mol. The zero-order chi connectivity index (χ0) is 19.8. The van der Waals surface area contributed by atoms with Crippen LogP contribution in [0.15, 0.2) is 65.7 Å². The number of carbonyl (C=O) groups is 1. The lowest BCUT2D eigenvalue weighted by molar-refractivity contribution is 0.0728. The molecule has 5 rings (SSSR count). The maximum Gasteiger partial charge on any atom is 0.270 e. The van der Waals surface area contributed by atoms with E-state index in [0.717, 1.165) is 24.2 Å². The molecule has 6 nitrogen and oxygen atoms in total. The highest BCUT2D eigenvalue weighted by molar-refractivity contribution is 5.93. The van der Waals surface area contributed by atoms with Crippen LogP contribution in [0, 0.1) is 0 Å². The summed E-state index contributed by atoms with van der Waals surface area (Å²) in [5.41, 5.74) is 0.978. The molecule has 4 heterocycles. The molecule has 2 aliphatic rings. The molecule has 0 unspecified atom stereocenters. The number of carbonyl (C=O) groups excluding carboxylic acids is 1. The van der Waals surface area contributed by atoms with Crippen LogP contribution in [0.2, 0.25) is 0 Å². The van der Waals surface area contributed by atoms with Gasteiger partial charge in [-0.25, -0.2) is 4.98 Å². The van der Waals surface area contributed by atoms with Gasteiger partial charge in [-0.15, -0.1) is 0 Å². The van der Waals surface area contributed by atoms with Crippen LogP contribution in [0.3, 0.4) is 0 Å². The second-order valence-electron chi connectivity index (χ2n) is 7.59. The standard InChI is InChI=1S/C23H21N3O3/c27-21(18-16-24-20-8-3-4-14-26(20)22(18)28)25-13-5-10-23(12-15-25)11-9-17-6-1-2-7-19(17)29-23/h1-4,6-9,11,14,16H,5,10,12-13,15H2/t23-/m1/s1. The lowest BCUT2D eigenvalue weighted by Gasteiger charge is -2.34. The van der Waals surface area contributed by atoms with E-state index in [1.165, 1.54) is 10.6 Å². The number of aromatic nitrogens is 2. The van der Waals surface area contributed by atoms with E-state index in [2.05, 4.69) is 17.1 Å². The molecule has 1 fully saturated rings. The molecule has 1 aromatic carbocycles. The Morgan fingerprint density at radius 1 is 1.07 bits per heavy atom. The van der Waals surface area contributed by atoms with Crippen molar-refractivity contribution in [1.82, 2.24) is 14.3 Å². The molecule has 0 saturated carbocycles. The molecule has 2 aromatic heterocycles. The van der Waals surface area contributed by atoms with E-state index in [-0.39, 0.29) is 17.0 Å². The van der Waals surface area contributed by atoms with Crippen molar-refractivity contribution in [2.45, 2.75) is 24.9 Å². The van der Waals surface area contributed by atoms with Crippen LogP contribution in [-0.2, 0) is 0 Å². The molecule has 1 amide bonds. The van der Waals surface area contributed by atoms with Crippen molar-refractivity contribution in [3.8, 4) is 5.75 Å². The zero-order valence-corrected chi connectivity index (χ0v) is 16.0. The number of nitrogens with zero attached hydrogens (tertiary/aromatic N) is 3. The third kappa shape index (κ3) is 3.10. The summed E-state index contributed by atoms with van der Waals surface area (Å²) in [6.45, 7) is 1.12. The number of hydrogen-bond donors (Lipinski definition) is 0. The quantitative estimate of drug-likeness (QED) is 0.643. The summed E-state index contributed by atoms with van der Waals surface area (Å²) in [6, 6.07) is 13.3. The number of ether oxygens (including phenoxy) is 1. The minimum Gasteiger partial charge on any atom is -0.483 e. The number of para-hydroxylation sites is 1. The van der Waals surface area contributed by atoms with E-state index >= 15 is 0 Å².